The summed E-state index contributed by atoms with van der Waals surface area (Å²) in [6.45, 7) is 1.32. The van der Waals surface area contributed by atoms with Crippen molar-refractivity contribution >= 4 is 33.2 Å². The van der Waals surface area contributed by atoms with E-state index in [1.165, 1.54) is 20.2 Å². The number of sulfonamides is 1. The summed E-state index contributed by atoms with van der Waals surface area (Å²) < 4.78 is 44.6. The minimum atomic E-state index is -4.13. The van der Waals surface area contributed by atoms with Gasteiger partial charge < -0.3 is 10.1 Å². The highest BCUT2D eigenvalue weighted by Crippen LogP contribution is 2.27. The van der Waals surface area contributed by atoms with E-state index in [1.54, 1.807) is 25.1 Å². The van der Waals surface area contributed by atoms with Gasteiger partial charge in [-0.05, 0) is 42.8 Å². The third kappa shape index (κ3) is 4.51. The van der Waals surface area contributed by atoms with Crippen LogP contribution in [-0.2, 0) is 14.8 Å². The highest BCUT2D eigenvalue weighted by Gasteiger charge is 2.27. The number of ether oxygens (including phenoxy) is 1. The number of halogens is 2. The Balaban J connectivity index is 2.20. The normalized spacial score (nSPS) is 11.5. The molecular weight excluding hydrogens is 383 g/mol. The average Bonchev–Trinajstić information content (AvgIpc) is 2.58. The molecule has 0 saturated carbocycles. The Kier molecular flexibility index (Phi) is 6.22. The molecule has 0 aliphatic heterocycles. The fourth-order valence-corrected chi connectivity index (χ4v) is 3.69. The molecule has 0 fully saturated rings. The van der Waals surface area contributed by atoms with E-state index in [0.717, 1.165) is 22.0 Å². The van der Waals surface area contributed by atoms with Crippen molar-refractivity contribution in [3.8, 4) is 5.75 Å². The Morgan fingerprint density at radius 3 is 2.62 bits per heavy atom. The van der Waals surface area contributed by atoms with Gasteiger partial charge in [0.25, 0.3) is 0 Å². The maximum absolute atomic E-state index is 13.5. The third-order valence-corrected chi connectivity index (χ3v) is 5.71. The molecule has 26 heavy (non-hydrogen) atoms. The number of anilines is 1. The summed E-state index contributed by atoms with van der Waals surface area (Å²) in [5.41, 5.74) is 1.26. The van der Waals surface area contributed by atoms with Gasteiger partial charge in [0.05, 0.1) is 13.7 Å². The molecule has 0 spiro atoms. The molecule has 0 bridgehead atoms. The molecule has 0 radical (unpaired) electrons. The van der Waals surface area contributed by atoms with Crippen LogP contribution >= 0.6 is 11.6 Å². The van der Waals surface area contributed by atoms with E-state index in [-0.39, 0.29) is 10.6 Å². The predicted molar refractivity (Wildman–Crippen MR) is 97.6 cm³/mol. The smallest absolute Gasteiger partial charge is 0.247 e. The summed E-state index contributed by atoms with van der Waals surface area (Å²) in [6, 6.07) is 8.13. The summed E-state index contributed by atoms with van der Waals surface area (Å²) >= 11 is 5.90. The zero-order valence-corrected chi connectivity index (χ0v) is 16.0. The molecule has 0 aliphatic rings. The molecule has 0 atom stereocenters. The average molecular weight is 401 g/mol. The van der Waals surface area contributed by atoms with Crippen molar-refractivity contribution in [3.63, 3.8) is 0 Å². The number of carbonyl (C=O) groups is 1. The molecule has 1 N–H and O–H groups in total. The van der Waals surface area contributed by atoms with E-state index in [1.807, 2.05) is 0 Å². The van der Waals surface area contributed by atoms with E-state index in [4.69, 9.17) is 16.3 Å². The van der Waals surface area contributed by atoms with Crippen molar-refractivity contribution in [2.45, 2.75) is 11.8 Å². The number of aryl methyl sites for hydroxylation is 1. The van der Waals surface area contributed by atoms with Gasteiger partial charge in [0.15, 0.2) is 0 Å². The zero-order chi connectivity index (χ0) is 19.5. The summed E-state index contributed by atoms with van der Waals surface area (Å²) in [7, 11) is -1.62. The molecule has 0 aliphatic carbocycles. The Bertz CT molecular complexity index is 934. The molecule has 2 rings (SSSR count). The van der Waals surface area contributed by atoms with Gasteiger partial charge in [0, 0.05) is 17.8 Å². The Morgan fingerprint density at radius 2 is 1.96 bits per heavy atom. The van der Waals surface area contributed by atoms with Crippen molar-refractivity contribution in [1.82, 2.24) is 4.31 Å². The lowest BCUT2D eigenvalue weighted by molar-refractivity contribution is -0.116. The summed E-state index contributed by atoms with van der Waals surface area (Å²) in [5, 5.41) is 3.05. The van der Waals surface area contributed by atoms with Crippen molar-refractivity contribution in [2.75, 3.05) is 26.0 Å². The number of benzene rings is 2. The first-order valence-corrected chi connectivity index (χ1v) is 9.33. The Labute approximate surface area is 156 Å². The van der Waals surface area contributed by atoms with Gasteiger partial charge in [-0.3, -0.25) is 4.79 Å². The van der Waals surface area contributed by atoms with Crippen LogP contribution in [-0.4, -0.2) is 39.3 Å². The highest BCUT2D eigenvalue weighted by molar-refractivity contribution is 7.89. The minimum absolute atomic E-state index is 0.00987. The molecule has 140 valence electrons. The van der Waals surface area contributed by atoms with Gasteiger partial charge in [0.1, 0.15) is 16.5 Å². The van der Waals surface area contributed by atoms with Crippen LogP contribution in [0.4, 0.5) is 10.1 Å². The van der Waals surface area contributed by atoms with Crippen LogP contribution in [0, 0.1) is 12.7 Å². The van der Waals surface area contributed by atoms with Crippen LogP contribution in [0.2, 0.25) is 5.02 Å². The van der Waals surface area contributed by atoms with Crippen molar-refractivity contribution in [3.05, 3.63) is 52.8 Å². The molecule has 9 heteroatoms. The van der Waals surface area contributed by atoms with Crippen LogP contribution in [0.5, 0.6) is 5.75 Å². The minimum Gasteiger partial charge on any atom is -0.495 e. The molecule has 2 aromatic rings. The fourth-order valence-electron chi connectivity index (χ4n) is 2.23. The summed E-state index contributed by atoms with van der Waals surface area (Å²) in [5.74, 6) is -1.29. The predicted octanol–water partition coefficient (Wildman–Crippen LogP) is 3.06. The summed E-state index contributed by atoms with van der Waals surface area (Å²) in [4.78, 5) is 11.9. The second-order valence-electron chi connectivity index (χ2n) is 5.56. The number of carbonyl (C=O) groups excluding carboxylic acids is 1. The summed E-state index contributed by atoms with van der Waals surface area (Å²) in [6.07, 6.45) is 0. The molecule has 2 aromatic carbocycles. The van der Waals surface area contributed by atoms with Crippen LogP contribution in [0.15, 0.2) is 41.3 Å². The van der Waals surface area contributed by atoms with Crippen LogP contribution in [0.3, 0.4) is 0 Å². The van der Waals surface area contributed by atoms with Gasteiger partial charge in [-0.25, -0.2) is 12.8 Å². The molecule has 0 aromatic heterocycles. The second-order valence-corrected chi connectivity index (χ2v) is 8.01. The second kappa shape index (κ2) is 8.03. The number of hydrogen-bond acceptors (Lipinski definition) is 4. The largest absolute Gasteiger partial charge is 0.495 e. The molecule has 0 heterocycles. The Morgan fingerprint density at radius 1 is 1.27 bits per heavy atom. The van der Waals surface area contributed by atoms with Gasteiger partial charge >= 0.3 is 0 Å². The van der Waals surface area contributed by atoms with Crippen molar-refractivity contribution in [1.29, 1.82) is 0 Å². The van der Waals surface area contributed by atoms with E-state index >= 15 is 0 Å². The van der Waals surface area contributed by atoms with Gasteiger partial charge in [0.2, 0.25) is 15.9 Å². The van der Waals surface area contributed by atoms with E-state index in [0.29, 0.717) is 10.7 Å². The SMILES string of the molecule is COc1ccc(F)cc1S(=O)(=O)N(C)CC(=O)Nc1cc(Cl)ccc1C. The molecule has 1 amide bonds. The number of rotatable bonds is 6. The fraction of sp³-hybridized carbons (Fsp3) is 0.235. The van der Waals surface area contributed by atoms with Crippen molar-refractivity contribution in [2.24, 2.45) is 0 Å². The van der Waals surface area contributed by atoms with Gasteiger partial charge in [-0.2, -0.15) is 4.31 Å². The van der Waals surface area contributed by atoms with Gasteiger partial charge in [-0.1, -0.05) is 17.7 Å². The number of hydrogen-bond donors (Lipinski definition) is 1. The number of amides is 1. The Hall–Kier alpha value is -2.16. The number of nitrogens with zero attached hydrogens (tertiary/aromatic N) is 1. The third-order valence-electron chi connectivity index (χ3n) is 3.65. The standard InChI is InChI=1S/C17H18ClFN2O4S/c1-11-4-5-12(18)8-14(11)20-17(22)10-21(2)26(23,24)16-9-13(19)6-7-15(16)25-3/h4-9H,10H2,1-3H3,(H,20,22). The molecular formula is C17H18ClFN2O4S. The lowest BCUT2D eigenvalue weighted by Crippen LogP contribution is -2.35. The van der Waals surface area contributed by atoms with E-state index < -0.39 is 28.3 Å². The molecule has 0 saturated heterocycles. The van der Waals surface area contributed by atoms with Crippen molar-refractivity contribution < 1.29 is 22.3 Å². The maximum atomic E-state index is 13.5. The lowest BCUT2D eigenvalue weighted by Gasteiger charge is -2.19. The van der Waals surface area contributed by atoms with Crippen LogP contribution in [0.1, 0.15) is 5.56 Å². The number of nitrogens with one attached hydrogen (secondary N) is 1. The molecule has 6 nitrogen and oxygen atoms in total. The first-order chi connectivity index (χ1) is 12.1. The quantitative estimate of drug-likeness (QED) is 0.808. The first-order valence-electron chi connectivity index (χ1n) is 7.51. The first kappa shape index (κ1) is 20.2. The maximum Gasteiger partial charge on any atom is 0.247 e. The zero-order valence-electron chi connectivity index (χ0n) is 14.4. The monoisotopic (exact) mass is 400 g/mol. The number of likely N-dealkylation sites (N-methyl/N-ethyl adjacent to an activating group) is 1. The highest BCUT2D eigenvalue weighted by atomic mass is 35.5. The van der Waals surface area contributed by atoms with Crippen LogP contribution < -0.4 is 10.1 Å². The van der Waals surface area contributed by atoms with Crippen LogP contribution in [0.25, 0.3) is 0 Å². The number of methoxy groups -OCH3 is 1. The van der Waals surface area contributed by atoms with E-state index in [9.17, 15) is 17.6 Å². The molecule has 0 unspecified atom stereocenters. The van der Waals surface area contributed by atoms with Gasteiger partial charge in [-0.15, -0.1) is 0 Å². The van der Waals surface area contributed by atoms with E-state index in [2.05, 4.69) is 5.32 Å². The topological polar surface area (TPSA) is 75.7 Å². The lowest BCUT2D eigenvalue weighted by atomic mass is 10.2.